The lowest BCUT2D eigenvalue weighted by molar-refractivity contribution is 0.251. The molecule has 0 unspecified atom stereocenters. The van der Waals surface area contributed by atoms with Crippen molar-refractivity contribution in [2.75, 3.05) is 5.32 Å². The predicted octanol–water partition coefficient (Wildman–Crippen LogP) is 2.45. The van der Waals surface area contributed by atoms with Crippen molar-refractivity contribution in [3.63, 3.8) is 0 Å². The smallest absolute Gasteiger partial charge is 0.319 e. The van der Waals surface area contributed by atoms with Crippen molar-refractivity contribution in [1.82, 2.24) is 25.2 Å². The third-order valence-electron chi connectivity index (χ3n) is 3.58. The van der Waals surface area contributed by atoms with Crippen LogP contribution in [0.25, 0.3) is 5.69 Å². The van der Waals surface area contributed by atoms with Gasteiger partial charge in [0.1, 0.15) is 5.76 Å². The Kier molecular flexibility index (Phi) is 4.55. The van der Waals surface area contributed by atoms with Crippen molar-refractivity contribution in [3.8, 4) is 5.69 Å². The fourth-order valence-corrected chi connectivity index (χ4v) is 2.31. The second-order valence-electron chi connectivity index (χ2n) is 5.21. The van der Waals surface area contributed by atoms with E-state index < -0.39 is 0 Å². The molecule has 0 spiro atoms. The molecule has 124 valence electrons. The Bertz CT molecular complexity index is 824. The second-order valence-corrected chi connectivity index (χ2v) is 5.21. The summed E-state index contributed by atoms with van der Waals surface area (Å²) >= 11 is 0. The van der Waals surface area contributed by atoms with E-state index in [1.807, 2.05) is 26.0 Å². The molecule has 2 amide bonds. The number of urea groups is 1. The lowest BCUT2D eigenvalue weighted by atomic mass is 10.1. The fourth-order valence-electron chi connectivity index (χ4n) is 2.31. The predicted molar refractivity (Wildman–Crippen MR) is 87.8 cm³/mol. The number of carbonyl (C=O) groups is 1. The van der Waals surface area contributed by atoms with E-state index in [0.29, 0.717) is 12.2 Å². The summed E-state index contributed by atoms with van der Waals surface area (Å²) in [6.45, 7) is 4.20. The lowest BCUT2D eigenvalue weighted by Gasteiger charge is -2.06. The maximum atomic E-state index is 12.0. The van der Waals surface area contributed by atoms with Crippen LogP contribution in [0.3, 0.4) is 0 Å². The third-order valence-corrected chi connectivity index (χ3v) is 3.58. The van der Waals surface area contributed by atoms with Crippen LogP contribution in [-0.2, 0) is 13.0 Å². The number of nitrogens with one attached hydrogen (secondary N) is 2. The number of rotatable bonds is 5. The van der Waals surface area contributed by atoms with Gasteiger partial charge >= 0.3 is 6.03 Å². The van der Waals surface area contributed by atoms with Gasteiger partial charge in [-0.3, -0.25) is 4.98 Å². The monoisotopic (exact) mass is 326 g/mol. The van der Waals surface area contributed by atoms with Crippen LogP contribution >= 0.6 is 0 Å². The highest BCUT2D eigenvalue weighted by atomic mass is 16.5. The first kappa shape index (κ1) is 15.7. The molecule has 8 nitrogen and oxygen atoms in total. The van der Waals surface area contributed by atoms with Crippen LogP contribution in [0.1, 0.15) is 23.9 Å². The molecule has 0 aliphatic rings. The van der Waals surface area contributed by atoms with Crippen LogP contribution in [0.4, 0.5) is 10.5 Å². The summed E-state index contributed by atoms with van der Waals surface area (Å²) in [4.78, 5) is 16.0. The Labute approximate surface area is 138 Å². The van der Waals surface area contributed by atoms with Crippen LogP contribution in [0.2, 0.25) is 0 Å². The molecule has 0 saturated carbocycles. The van der Waals surface area contributed by atoms with Gasteiger partial charge in [-0.1, -0.05) is 12.1 Å². The highest BCUT2D eigenvalue weighted by Gasteiger charge is 2.12. The van der Waals surface area contributed by atoms with Crippen molar-refractivity contribution in [2.24, 2.45) is 0 Å². The lowest BCUT2D eigenvalue weighted by Crippen LogP contribution is -2.28. The van der Waals surface area contributed by atoms with Gasteiger partial charge in [-0.15, -0.1) is 0 Å². The van der Waals surface area contributed by atoms with Crippen LogP contribution in [0.15, 0.2) is 41.4 Å². The van der Waals surface area contributed by atoms with Gasteiger partial charge < -0.3 is 15.2 Å². The molecule has 3 aromatic rings. The van der Waals surface area contributed by atoms with E-state index >= 15 is 0 Å². The summed E-state index contributed by atoms with van der Waals surface area (Å²) in [5.74, 6) is 0.790. The summed E-state index contributed by atoms with van der Waals surface area (Å²) < 4.78 is 6.87. The molecule has 0 aliphatic heterocycles. The molecule has 0 aromatic carbocycles. The Morgan fingerprint density at radius 3 is 2.88 bits per heavy atom. The molecule has 3 heterocycles. The van der Waals surface area contributed by atoms with Crippen LogP contribution in [-0.4, -0.2) is 26.0 Å². The number of carbonyl (C=O) groups excluding carboxylic acids is 1. The number of hydrogen-bond acceptors (Lipinski definition) is 5. The van der Waals surface area contributed by atoms with Crippen LogP contribution in [0.5, 0.6) is 0 Å². The molecule has 8 heteroatoms. The Balaban J connectivity index is 1.59. The highest BCUT2D eigenvalue weighted by Crippen LogP contribution is 2.14. The van der Waals surface area contributed by atoms with Crippen molar-refractivity contribution < 1.29 is 9.32 Å². The van der Waals surface area contributed by atoms with Crippen molar-refractivity contribution in [1.29, 1.82) is 0 Å². The quantitative estimate of drug-likeness (QED) is 0.750. The summed E-state index contributed by atoms with van der Waals surface area (Å²) in [5.41, 5.74) is 3.17. The van der Waals surface area contributed by atoms with E-state index in [-0.39, 0.29) is 6.03 Å². The molecule has 0 aliphatic carbocycles. The number of anilines is 1. The molecule has 3 rings (SSSR count). The van der Waals surface area contributed by atoms with Crippen LogP contribution in [0, 0.1) is 6.92 Å². The molecule has 0 bridgehead atoms. The van der Waals surface area contributed by atoms with Crippen molar-refractivity contribution >= 4 is 11.7 Å². The van der Waals surface area contributed by atoms with E-state index in [0.717, 1.165) is 29.1 Å². The maximum absolute atomic E-state index is 12.0. The van der Waals surface area contributed by atoms with Gasteiger partial charge in [0.15, 0.2) is 0 Å². The highest BCUT2D eigenvalue weighted by molar-refractivity contribution is 5.88. The standard InChI is InChI=1S/C16H18N6O2/c1-3-15-14(11(2)21-24-15)9-18-16(23)20-12-8-19-22(10-12)13-4-6-17-7-5-13/h4-8,10H,3,9H2,1-2H3,(H2,18,20,23). The summed E-state index contributed by atoms with van der Waals surface area (Å²) in [6.07, 6.45) is 7.42. The normalized spacial score (nSPS) is 10.6. The molecule has 0 fully saturated rings. The van der Waals surface area contributed by atoms with Gasteiger partial charge in [0.25, 0.3) is 0 Å². The average molecular weight is 326 g/mol. The topological polar surface area (TPSA) is 97.9 Å². The number of aromatic nitrogens is 4. The minimum atomic E-state index is -0.313. The minimum Gasteiger partial charge on any atom is -0.361 e. The van der Waals surface area contributed by atoms with Gasteiger partial charge in [-0.2, -0.15) is 5.10 Å². The SMILES string of the molecule is CCc1onc(C)c1CNC(=O)Nc1cnn(-c2ccncc2)c1. The molecule has 0 radical (unpaired) electrons. The first-order valence-corrected chi connectivity index (χ1v) is 7.61. The number of hydrogen-bond donors (Lipinski definition) is 2. The summed E-state index contributed by atoms with van der Waals surface area (Å²) in [6, 6.07) is 3.35. The molecule has 2 N–H and O–H groups in total. The van der Waals surface area contributed by atoms with E-state index in [1.165, 1.54) is 0 Å². The molecule has 3 aromatic heterocycles. The molecule has 0 saturated heterocycles. The number of amides is 2. The van der Waals surface area contributed by atoms with Crippen LogP contribution < -0.4 is 10.6 Å². The zero-order valence-electron chi connectivity index (χ0n) is 13.5. The third kappa shape index (κ3) is 3.43. The fraction of sp³-hybridized carbons (Fsp3) is 0.250. The minimum absolute atomic E-state index is 0.313. The first-order valence-electron chi connectivity index (χ1n) is 7.61. The summed E-state index contributed by atoms with van der Waals surface area (Å²) in [5, 5.41) is 13.7. The zero-order valence-corrected chi connectivity index (χ0v) is 13.5. The number of nitrogens with zero attached hydrogens (tertiary/aromatic N) is 4. The molecular weight excluding hydrogens is 308 g/mol. The molecule has 24 heavy (non-hydrogen) atoms. The first-order chi connectivity index (χ1) is 11.7. The van der Waals surface area contributed by atoms with Gasteiger partial charge in [0.05, 0.1) is 29.5 Å². The molecular formula is C16H18N6O2. The Morgan fingerprint density at radius 1 is 1.33 bits per heavy atom. The molecule has 0 atom stereocenters. The van der Waals surface area contributed by atoms with Gasteiger partial charge in [0.2, 0.25) is 0 Å². The number of aryl methyl sites for hydroxylation is 2. The average Bonchev–Trinajstić information content (AvgIpc) is 3.20. The largest absolute Gasteiger partial charge is 0.361 e. The van der Waals surface area contributed by atoms with Crippen molar-refractivity contribution in [2.45, 2.75) is 26.8 Å². The Morgan fingerprint density at radius 2 is 2.12 bits per heavy atom. The van der Waals surface area contributed by atoms with Gasteiger partial charge in [-0.05, 0) is 19.1 Å². The second kappa shape index (κ2) is 6.95. The summed E-state index contributed by atoms with van der Waals surface area (Å²) in [7, 11) is 0. The van der Waals surface area contributed by atoms with Crippen molar-refractivity contribution in [3.05, 3.63) is 53.9 Å². The Hall–Kier alpha value is -3.16. The van der Waals surface area contributed by atoms with E-state index in [4.69, 9.17) is 4.52 Å². The number of pyridine rings is 1. The zero-order chi connectivity index (χ0) is 16.9. The van der Waals surface area contributed by atoms with E-state index in [1.54, 1.807) is 29.5 Å². The van der Waals surface area contributed by atoms with Gasteiger partial charge in [-0.25, -0.2) is 9.48 Å². The van der Waals surface area contributed by atoms with Gasteiger partial charge in [0, 0.05) is 30.9 Å². The maximum Gasteiger partial charge on any atom is 0.319 e. The van der Waals surface area contributed by atoms with E-state index in [9.17, 15) is 4.79 Å². The van der Waals surface area contributed by atoms with E-state index in [2.05, 4.69) is 25.9 Å².